The van der Waals surface area contributed by atoms with E-state index in [1.54, 1.807) is 0 Å². The van der Waals surface area contributed by atoms with Crippen molar-refractivity contribution in [2.24, 2.45) is 0 Å². The van der Waals surface area contributed by atoms with E-state index >= 15 is 0 Å². The van der Waals surface area contributed by atoms with Crippen LogP contribution < -0.4 is 5.69 Å². The SMILES string of the molecule is Cc1ccc(C(F)(F)F)cc1-c1nc(-c2ccc(C(F)(F)F)cc2)nc(=O)[nH]1. The van der Waals surface area contributed by atoms with Gasteiger partial charge in [0.2, 0.25) is 0 Å². The quantitative estimate of drug-likeness (QED) is 0.627. The van der Waals surface area contributed by atoms with E-state index in [9.17, 15) is 31.1 Å². The molecule has 1 aromatic heterocycles. The second kappa shape index (κ2) is 6.77. The predicted octanol–water partition coefficient (Wildman–Crippen LogP) is 4.84. The summed E-state index contributed by atoms with van der Waals surface area (Å²) in [7, 11) is 0. The topological polar surface area (TPSA) is 58.6 Å². The highest BCUT2D eigenvalue weighted by atomic mass is 19.4. The lowest BCUT2D eigenvalue weighted by Gasteiger charge is -2.11. The van der Waals surface area contributed by atoms with Crippen molar-refractivity contribution in [3.05, 3.63) is 69.6 Å². The molecule has 4 nitrogen and oxygen atoms in total. The highest BCUT2D eigenvalue weighted by Gasteiger charge is 2.31. The van der Waals surface area contributed by atoms with Gasteiger partial charge in [0.1, 0.15) is 5.82 Å². The Balaban J connectivity index is 2.10. The number of benzene rings is 2. The number of nitrogens with zero attached hydrogens (tertiary/aromatic N) is 2. The zero-order chi connectivity index (χ0) is 20.7. The van der Waals surface area contributed by atoms with Gasteiger partial charge in [0.25, 0.3) is 0 Å². The number of aromatic nitrogens is 3. The third kappa shape index (κ3) is 4.05. The van der Waals surface area contributed by atoms with E-state index < -0.39 is 29.2 Å². The van der Waals surface area contributed by atoms with Crippen molar-refractivity contribution in [3.63, 3.8) is 0 Å². The fourth-order valence-corrected chi connectivity index (χ4v) is 2.50. The van der Waals surface area contributed by atoms with Gasteiger partial charge in [0.15, 0.2) is 5.82 Å². The third-order valence-electron chi connectivity index (χ3n) is 3.94. The standard InChI is InChI=1S/C18H11F6N3O/c1-9-2-5-12(18(22,23)24)8-13(9)15-25-14(26-16(28)27-15)10-3-6-11(7-4-10)17(19,20)21/h2-8H,1H3,(H,25,26,27,28). The minimum atomic E-state index is -4.59. The van der Waals surface area contributed by atoms with Crippen molar-refractivity contribution in [1.82, 2.24) is 15.0 Å². The van der Waals surface area contributed by atoms with Crippen molar-refractivity contribution in [1.29, 1.82) is 0 Å². The molecule has 2 aromatic carbocycles. The Morgan fingerprint density at radius 2 is 1.39 bits per heavy atom. The van der Waals surface area contributed by atoms with Gasteiger partial charge >= 0.3 is 18.0 Å². The third-order valence-corrected chi connectivity index (χ3v) is 3.94. The summed E-state index contributed by atoms with van der Waals surface area (Å²) in [5.74, 6) is -0.372. The summed E-state index contributed by atoms with van der Waals surface area (Å²) in [6.45, 7) is 1.54. The fourth-order valence-electron chi connectivity index (χ4n) is 2.50. The first-order valence-electron chi connectivity index (χ1n) is 7.79. The van der Waals surface area contributed by atoms with Crippen LogP contribution in [0.25, 0.3) is 22.8 Å². The van der Waals surface area contributed by atoms with Crippen molar-refractivity contribution in [2.45, 2.75) is 19.3 Å². The van der Waals surface area contributed by atoms with E-state index in [0.29, 0.717) is 5.56 Å². The van der Waals surface area contributed by atoms with Crippen molar-refractivity contribution in [3.8, 4) is 22.8 Å². The van der Waals surface area contributed by atoms with Crippen LogP contribution in [0.1, 0.15) is 16.7 Å². The first-order valence-corrected chi connectivity index (χ1v) is 7.79. The number of H-pyrrole nitrogens is 1. The number of hydrogen-bond acceptors (Lipinski definition) is 3. The number of nitrogens with one attached hydrogen (secondary N) is 1. The van der Waals surface area contributed by atoms with Crippen molar-refractivity contribution < 1.29 is 26.3 Å². The Morgan fingerprint density at radius 3 is 1.96 bits per heavy atom. The Morgan fingerprint density at radius 1 is 0.821 bits per heavy atom. The van der Waals surface area contributed by atoms with E-state index in [-0.39, 0.29) is 22.8 Å². The number of alkyl halides is 6. The summed E-state index contributed by atoms with van der Waals surface area (Å²) in [6.07, 6.45) is -9.13. The molecule has 0 atom stereocenters. The molecular weight excluding hydrogens is 388 g/mol. The molecule has 3 rings (SSSR count). The van der Waals surface area contributed by atoms with Crippen LogP contribution in [0.2, 0.25) is 0 Å². The Hall–Kier alpha value is -3.17. The lowest BCUT2D eigenvalue weighted by Crippen LogP contribution is -2.15. The van der Waals surface area contributed by atoms with Gasteiger partial charge in [0.05, 0.1) is 11.1 Å². The molecule has 10 heteroatoms. The molecule has 0 unspecified atom stereocenters. The van der Waals surface area contributed by atoms with Crippen LogP contribution >= 0.6 is 0 Å². The first kappa shape index (κ1) is 19.6. The van der Waals surface area contributed by atoms with E-state index in [1.165, 1.54) is 13.0 Å². The fraction of sp³-hybridized carbons (Fsp3) is 0.167. The Labute approximate surface area is 153 Å². The Kier molecular flexibility index (Phi) is 4.74. The predicted molar refractivity (Wildman–Crippen MR) is 88.3 cm³/mol. The zero-order valence-corrected chi connectivity index (χ0v) is 14.1. The summed E-state index contributed by atoms with van der Waals surface area (Å²) in [6, 6.07) is 6.74. The smallest absolute Gasteiger partial charge is 0.290 e. The highest BCUT2D eigenvalue weighted by molar-refractivity contribution is 5.64. The van der Waals surface area contributed by atoms with Crippen LogP contribution in [0, 0.1) is 6.92 Å². The molecule has 28 heavy (non-hydrogen) atoms. The van der Waals surface area contributed by atoms with E-state index in [0.717, 1.165) is 36.4 Å². The minimum absolute atomic E-state index is 0.0301. The maximum absolute atomic E-state index is 13.0. The summed E-state index contributed by atoms with van der Waals surface area (Å²) >= 11 is 0. The highest BCUT2D eigenvalue weighted by Crippen LogP contribution is 2.33. The van der Waals surface area contributed by atoms with E-state index in [2.05, 4.69) is 15.0 Å². The van der Waals surface area contributed by atoms with Crippen LogP contribution in [0.3, 0.4) is 0 Å². The van der Waals surface area contributed by atoms with E-state index in [4.69, 9.17) is 0 Å². The molecule has 0 aliphatic heterocycles. The molecular formula is C18H11F6N3O. The number of hydrogen-bond donors (Lipinski definition) is 1. The minimum Gasteiger partial charge on any atom is -0.290 e. The molecule has 0 spiro atoms. The average Bonchev–Trinajstić information content (AvgIpc) is 2.60. The molecule has 3 aromatic rings. The summed E-state index contributed by atoms with van der Waals surface area (Å²) in [4.78, 5) is 21.8. The second-order valence-corrected chi connectivity index (χ2v) is 5.93. The molecule has 0 saturated carbocycles. The van der Waals surface area contributed by atoms with Gasteiger partial charge in [-0.25, -0.2) is 9.78 Å². The lowest BCUT2D eigenvalue weighted by atomic mass is 10.0. The maximum atomic E-state index is 13.0. The number of aryl methyl sites for hydroxylation is 1. The van der Waals surface area contributed by atoms with Crippen molar-refractivity contribution >= 4 is 0 Å². The second-order valence-electron chi connectivity index (χ2n) is 5.93. The number of rotatable bonds is 2. The van der Waals surface area contributed by atoms with Crippen LogP contribution in [0.4, 0.5) is 26.3 Å². The summed E-state index contributed by atoms with van der Waals surface area (Å²) < 4.78 is 76.9. The largest absolute Gasteiger partial charge is 0.416 e. The molecule has 0 fully saturated rings. The van der Waals surface area contributed by atoms with Gasteiger partial charge in [-0.1, -0.05) is 18.2 Å². The zero-order valence-electron chi connectivity index (χ0n) is 14.1. The summed E-state index contributed by atoms with van der Waals surface area (Å²) in [5, 5.41) is 0. The molecule has 0 aliphatic carbocycles. The van der Waals surface area contributed by atoms with Gasteiger partial charge in [-0.05, 0) is 36.8 Å². The van der Waals surface area contributed by atoms with Crippen LogP contribution in [0.5, 0.6) is 0 Å². The first-order chi connectivity index (χ1) is 12.9. The Bertz CT molecular complexity index is 1070. The van der Waals surface area contributed by atoms with E-state index in [1.807, 2.05) is 0 Å². The molecule has 0 saturated heterocycles. The normalized spacial score (nSPS) is 12.2. The van der Waals surface area contributed by atoms with Gasteiger partial charge < -0.3 is 0 Å². The van der Waals surface area contributed by atoms with Gasteiger partial charge in [-0.3, -0.25) is 4.98 Å². The van der Waals surface area contributed by atoms with Gasteiger partial charge in [-0.2, -0.15) is 31.3 Å². The number of halogens is 6. The number of aromatic amines is 1. The average molecular weight is 399 g/mol. The summed E-state index contributed by atoms with van der Waals surface area (Å²) in [5.41, 5.74) is -2.15. The maximum Gasteiger partial charge on any atom is 0.416 e. The van der Waals surface area contributed by atoms with Crippen LogP contribution in [-0.2, 0) is 12.4 Å². The van der Waals surface area contributed by atoms with Crippen LogP contribution in [0.15, 0.2) is 47.3 Å². The molecule has 0 bridgehead atoms. The van der Waals surface area contributed by atoms with Gasteiger partial charge in [-0.15, -0.1) is 0 Å². The van der Waals surface area contributed by atoms with Gasteiger partial charge in [0, 0.05) is 11.1 Å². The molecule has 1 heterocycles. The molecule has 0 radical (unpaired) electrons. The molecule has 1 N–H and O–H groups in total. The van der Waals surface area contributed by atoms with Crippen molar-refractivity contribution in [2.75, 3.05) is 0 Å². The molecule has 146 valence electrons. The molecule has 0 aliphatic rings. The monoisotopic (exact) mass is 399 g/mol. The lowest BCUT2D eigenvalue weighted by molar-refractivity contribution is -0.138. The molecule has 0 amide bonds. The van der Waals surface area contributed by atoms with Crippen LogP contribution in [-0.4, -0.2) is 15.0 Å².